The molecule has 0 bridgehead atoms. The number of esters is 1. The first-order chi connectivity index (χ1) is 10.1. The average Bonchev–Trinajstić information content (AvgIpc) is 2.46. The Bertz CT molecular complexity index is 568. The smallest absolute Gasteiger partial charge is 0.338 e. The fraction of sp³-hybridized carbons (Fsp3) is 0.176. The van der Waals surface area contributed by atoms with E-state index in [0.29, 0.717) is 12.0 Å². The summed E-state index contributed by atoms with van der Waals surface area (Å²) in [6.07, 6.45) is 7.05. The van der Waals surface area contributed by atoms with E-state index in [4.69, 9.17) is 4.74 Å². The molecular weight excluding hydrogens is 379 g/mol. The summed E-state index contributed by atoms with van der Waals surface area (Å²) in [4.78, 5) is 22.8. The van der Waals surface area contributed by atoms with Gasteiger partial charge in [0.25, 0.3) is 0 Å². The second kappa shape index (κ2) is 9.28. The molecule has 4 heteroatoms. The third-order valence-electron chi connectivity index (χ3n) is 2.69. The van der Waals surface area contributed by atoms with Crippen LogP contribution in [0.1, 0.15) is 18.1 Å². The summed E-state index contributed by atoms with van der Waals surface area (Å²) in [5.74, 6) is -0.373. The summed E-state index contributed by atoms with van der Waals surface area (Å²) in [6, 6.07) is 7.45. The number of allylic oxidation sites excluding steroid dienone is 3. The molecule has 3 nitrogen and oxygen atoms in total. The van der Waals surface area contributed by atoms with Gasteiger partial charge in [-0.3, -0.25) is 4.79 Å². The van der Waals surface area contributed by atoms with Gasteiger partial charge in [0, 0.05) is 6.42 Å². The highest BCUT2D eigenvalue weighted by Crippen LogP contribution is 2.10. The van der Waals surface area contributed by atoms with Gasteiger partial charge in [0.05, 0.1) is 5.57 Å². The molecule has 1 aromatic carbocycles. The topological polar surface area (TPSA) is 43.4 Å². The molecule has 0 unspecified atom stereocenters. The highest BCUT2D eigenvalue weighted by molar-refractivity contribution is 14.1. The normalized spacial score (nSPS) is 11.4. The lowest BCUT2D eigenvalue weighted by Crippen LogP contribution is -2.06. The van der Waals surface area contributed by atoms with Crippen molar-refractivity contribution in [3.63, 3.8) is 0 Å². The van der Waals surface area contributed by atoms with Crippen LogP contribution in [-0.2, 0) is 27.4 Å². The van der Waals surface area contributed by atoms with Crippen LogP contribution in [-0.4, -0.2) is 9.76 Å². The highest BCUT2D eigenvalue weighted by atomic mass is 127. The molecule has 0 aliphatic carbocycles. The first-order valence-corrected chi connectivity index (χ1v) is 7.53. The van der Waals surface area contributed by atoms with E-state index in [1.54, 1.807) is 53.8 Å². The van der Waals surface area contributed by atoms with Gasteiger partial charge in [-0.05, 0) is 46.7 Å². The van der Waals surface area contributed by atoms with Gasteiger partial charge < -0.3 is 4.74 Å². The molecule has 0 aromatic heterocycles. The van der Waals surface area contributed by atoms with Gasteiger partial charge in [-0.25, -0.2) is 4.79 Å². The van der Waals surface area contributed by atoms with E-state index in [1.165, 1.54) is 0 Å². The van der Waals surface area contributed by atoms with E-state index >= 15 is 0 Å². The van der Waals surface area contributed by atoms with Crippen molar-refractivity contribution in [1.29, 1.82) is 0 Å². The van der Waals surface area contributed by atoms with Crippen molar-refractivity contribution in [2.75, 3.05) is 0 Å². The summed E-state index contributed by atoms with van der Waals surface area (Å²) < 4.78 is 5.33. The largest absolute Gasteiger partial charge is 0.457 e. The molecule has 0 saturated carbocycles. The molecule has 0 amide bonds. The fourth-order valence-corrected chi connectivity index (χ4v) is 2.04. The van der Waals surface area contributed by atoms with Crippen LogP contribution in [0.4, 0.5) is 0 Å². The Kier molecular flexibility index (Phi) is 7.68. The number of carbonyl (C=O) groups is 2. The van der Waals surface area contributed by atoms with Crippen molar-refractivity contribution in [2.45, 2.75) is 20.0 Å². The minimum atomic E-state index is -0.373. The van der Waals surface area contributed by atoms with Gasteiger partial charge in [-0.2, -0.15) is 0 Å². The number of ether oxygens (including phenoxy) is 1. The van der Waals surface area contributed by atoms with Crippen LogP contribution in [0.2, 0.25) is 0 Å². The number of benzene rings is 1. The summed E-state index contributed by atoms with van der Waals surface area (Å²) in [7, 11) is 0. The fourth-order valence-electron chi connectivity index (χ4n) is 1.60. The van der Waals surface area contributed by atoms with Gasteiger partial charge >= 0.3 is 5.97 Å². The molecule has 0 fully saturated rings. The Labute approximate surface area is 138 Å². The van der Waals surface area contributed by atoms with Crippen molar-refractivity contribution in [3.8, 4) is 0 Å². The van der Waals surface area contributed by atoms with Crippen molar-refractivity contribution in [2.24, 2.45) is 0 Å². The lowest BCUT2D eigenvalue weighted by Gasteiger charge is -2.06. The summed E-state index contributed by atoms with van der Waals surface area (Å²) in [6.45, 7) is 5.54. The molecular formula is C17H17IO3. The molecule has 1 rings (SSSR count). The van der Waals surface area contributed by atoms with Gasteiger partial charge in [-0.15, -0.1) is 0 Å². The van der Waals surface area contributed by atoms with E-state index in [0.717, 1.165) is 11.1 Å². The van der Waals surface area contributed by atoms with Gasteiger partial charge in [0.15, 0.2) is 3.79 Å². The molecule has 0 saturated heterocycles. The Morgan fingerprint density at radius 2 is 1.86 bits per heavy atom. The van der Waals surface area contributed by atoms with E-state index < -0.39 is 0 Å². The van der Waals surface area contributed by atoms with Crippen molar-refractivity contribution in [1.82, 2.24) is 0 Å². The van der Waals surface area contributed by atoms with Crippen LogP contribution in [0.5, 0.6) is 0 Å². The van der Waals surface area contributed by atoms with E-state index in [2.05, 4.69) is 6.58 Å². The zero-order valence-electron chi connectivity index (χ0n) is 11.8. The molecule has 110 valence electrons. The standard InChI is InChI=1S/C17H17IO3/c1-3-5-6-15(4-2)17(20)21-12-14-9-7-13(8-10-14)11-16(18)19/h3-10H,1,11-12H2,2H3/b6-5-,15-4+. The molecule has 1 aromatic rings. The number of rotatable bonds is 7. The van der Waals surface area contributed by atoms with Crippen LogP contribution in [0.25, 0.3) is 0 Å². The van der Waals surface area contributed by atoms with Crippen LogP contribution >= 0.6 is 22.6 Å². The quantitative estimate of drug-likeness (QED) is 0.231. The Hall–Kier alpha value is -1.69. The molecule has 0 aliphatic rings. The molecule has 0 aliphatic heterocycles. The number of halogens is 1. The summed E-state index contributed by atoms with van der Waals surface area (Å²) in [5.41, 5.74) is 2.32. The minimum absolute atomic E-state index is 0.0958. The molecule has 0 N–H and O–H groups in total. The maximum absolute atomic E-state index is 11.8. The predicted molar refractivity (Wildman–Crippen MR) is 92.1 cm³/mol. The van der Waals surface area contributed by atoms with Gasteiger partial charge in [0.2, 0.25) is 0 Å². The zero-order valence-corrected chi connectivity index (χ0v) is 14.0. The number of carbonyl (C=O) groups excluding carboxylic acids is 2. The van der Waals surface area contributed by atoms with Crippen molar-refractivity contribution in [3.05, 3.63) is 71.8 Å². The van der Waals surface area contributed by atoms with Gasteiger partial charge in [-0.1, -0.05) is 49.1 Å². The molecule has 0 heterocycles. The van der Waals surface area contributed by atoms with Crippen molar-refractivity contribution < 1.29 is 14.3 Å². The summed E-state index contributed by atoms with van der Waals surface area (Å²) in [5, 5.41) is 0. The van der Waals surface area contributed by atoms with Crippen LogP contribution in [0, 0.1) is 0 Å². The van der Waals surface area contributed by atoms with E-state index in [-0.39, 0.29) is 16.4 Å². The Morgan fingerprint density at radius 3 is 2.38 bits per heavy atom. The zero-order chi connectivity index (χ0) is 15.7. The van der Waals surface area contributed by atoms with Crippen LogP contribution in [0.3, 0.4) is 0 Å². The lowest BCUT2D eigenvalue weighted by atomic mass is 10.1. The lowest BCUT2D eigenvalue weighted by molar-refractivity contribution is -0.139. The van der Waals surface area contributed by atoms with E-state index in [1.807, 2.05) is 24.3 Å². The molecule has 21 heavy (non-hydrogen) atoms. The third-order valence-corrected chi connectivity index (χ3v) is 3.08. The van der Waals surface area contributed by atoms with E-state index in [9.17, 15) is 9.59 Å². The summed E-state index contributed by atoms with van der Waals surface area (Å²) >= 11 is 1.77. The second-order valence-electron chi connectivity index (χ2n) is 4.26. The SMILES string of the molecule is C=C/C=C\C(=C/C)C(=O)OCc1ccc(CC(=O)I)cc1. The number of hydrogen-bond donors (Lipinski definition) is 0. The van der Waals surface area contributed by atoms with Gasteiger partial charge in [0.1, 0.15) is 6.61 Å². The predicted octanol–water partition coefficient (Wildman–Crippen LogP) is 3.92. The van der Waals surface area contributed by atoms with Crippen molar-refractivity contribution >= 4 is 32.4 Å². The number of hydrogen-bond acceptors (Lipinski definition) is 3. The first-order valence-electron chi connectivity index (χ1n) is 6.45. The minimum Gasteiger partial charge on any atom is -0.457 e. The Balaban J connectivity index is 2.58. The second-order valence-corrected chi connectivity index (χ2v) is 5.47. The monoisotopic (exact) mass is 396 g/mol. The first kappa shape index (κ1) is 17.4. The Morgan fingerprint density at radius 1 is 1.24 bits per heavy atom. The van der Waals surface area contributed by atoms with Crippen LogP contribution < -0.4 is 0 Å². The molecule has 0 atom stereocenters. The maximum atomic E-state index is 11.8. The molecule has 0 spiro atoms. The maximum Gasteiger partial charge on any atom is 0.338 e. The average molecular weight is 396 g/mol. The third kappa shape index (κ3) is 6.53. The molecule has 0 radical (unpaired) electrons. The highest BCUT2D eigenvalue weighted by Gasteiger charge is 2.07. The van der Waals surface area contributed by atoms with Crippen LogP contribution in [0.15, 0.2) is 60.7 Å².